The van der Waals surface area contributed by atoms with Crippen molar-refractivity contribution in [1.29, 1.82) is 0 Å². The van der Waals surface area contributed by atoms with Crippen LogP contribution in [0.25, 0.3) is 0 Å². The van der Waals surface area contributed by atoms with Gasteiger partial charge in [0.25, 0.3) is 5.91 Å². The van der Waals surface area contributed by atoms with Crippen molar-refractivity contribution in [2.75, 3.05) is 0 Å². The number of amides is 1. The van der Waals surface area contributed by atoms with Gasteiger partial charge in [0.15, 0.2) is 0 Å². The van der Waals surface area contributed by atoms with Crippen molar-refractivity contribution in [2.24, 2.45) is 5.41 Å². The first-order chi connectivity index (χ1) is 10.3. The highest BCUT2D eigenvalue weighted by molar-refractivity contribution is 5.92. The van der Waals surface area contributed by atoms with Gasteiger partial charge in [0.05, 0.1) is 12.2 Å². The lowest BCUT2D eigenvalue weighted by Crippen LogP contribution is -2.31. The van der Waals surface area contributed by atoms with Gasteiger partial charge in [0, 0.05) is 12.4 Å². The van der Waals surface area contributed by atoms with Gasteiger partial charge in [0.1, 0.15) is 11.5 Å². The molecule has 0 saturated heterocycles. The summed E-state index contributed by atoms with van der Waals surface area (Å²) in [4.78, 5) is 20.2. The van der Waals surface area contributed by atoms with E-state index in [1.165, 1.54) is 30.7 Å². The number of benzene rings is 1. The molecule has 0 unspecified atom stereocenters. The predicted octanol–water partition coefficient (Wildman–Crippen LogP) is 3.52. The molecule has 0 radical (unpaired) electrons. The molecule has 1 atom stereocenters. The van der Waals surface area contributed by atoms with Crippen molar-refractivity contribution in [3.05, 3.63) is 59.9 Å². The molecule has 116 valence electrons. The molecule has 0 fully saturated rings. The second-order valence-corrected chi connectivity index (χ2v) is 6.43. The Morgan fingerprint density at radius 2 is 1.91 bits per heavy atom. The van der Waals surface area contributed by atoms with Gasteiger partial charge >= 0.3 is 0 Å². The molecule has 4 nitrogen and oxygen atoms in total. The van der Waals surface area contributed by atoms with E-state index in [0.29, 0.717) is 0 Å². The van der Waals surface area contributed by atoms with Crippen molar-refractivity contribution in [3.63, 3.8) is 0 Å². The summed E-state index contributed by atoms with van der Waals surface area (Å²) in [6.45, 7) is 6.29. The van der Waals surface area contributed by atoms with Crippen molar-refractivity contribution < 1.29 is 9.18 Å². The van der Waals surface area contributed by atoms with Crippen LogP contribution in [0.2, 0.25) is 0 Å². The SMILES string of the molecule is CC(C)(C)C[C@H](NC(=O)c1cnccn1)c1ccc(F)cc1. The minimum absolute atomic E-state index is 0.00863. The van der Waals surface area contributed by atoms with E-state index in [-0.39, 0.29) is 28.9 Å². The molecule has 0 bridgehead atoms. The van der Waals surface area contributed by atoms with E-state index in [9.17, 15) is 9.18 Å². The minimum atomic E-state index is -0.293. The monoisotopic (exact) mass is 301 g/mol. The normalized spacial score (nSPS) is 12.7. The number of aromatic nitrogens is 2. The van der Waals surface area contributed by atoms with Gasteiger partial charge in [-0.3, -0.25) is 9.78 Å². The third kappa shape index (κ3) is 4.62. The zero-order valence-corrected chi connectivity index (χ0v) is 13.0. The number of halogens is 1. The molecule has 0 saturated carbocycles. The molecule has 1 aromatic carbocycles. The van der Waals surface area contributed by atoms with E-state index < -0.39 is 0 Å². The van der Waals surface area contributed by atoms with E-state index >= 15 is 0 Å². The largest absolute Gasteiger partial charge is 0.344 e. The highest BCUT2D eigenvalue weighted by Crippen LogP contribution is 2.29. The maximum Gasteiger partial charge on any atom is 0.271 e. The second-order valence-electron chi connectivity index (χ2n) is 6.43. The van der Waals surface area contributed by atoms with Crippen LogP contribution in [0.1, 0.15) is 49.3 Å². The van der Waals surface area contributed by atoms with Crippen LogP contribution in [0.15, 0.2) is 42.9 Å². The number of nitrogens with zero attached hydrogens (tertiary/aromatic N) is 2. The molecule has 1 aromatic heterocycles. The predicted molar refractivity (Wildman–Crippen MR) is 82.7 cm³/mol. The molecule has 1 N–H and O–H groups in total. The van der Waals surface area contributed by atoms with E-state index in [2.05, 4.69) is 36.1 Å². The molecule has 1 amide bonds. The number of hydrogen-bond acceptors (Lipinski definition) is 3. The topological polar surface area (TPSA) is 54.9 Å². The molecule has 5 heteroatoms. The lowest BCUT2D eigenvalue weighted by atomic mass is 9.85. The fourth-order valence-electron chi connectivity index (χ4n) is 2.21. The van der Waals surface area contributed by atoms with Crippen molar-refractivity contribution in [2.45, 2.75) is 33.2 Å². The highest BCUT2D eigenvalue weighted by atomic mass is 19.1. The molecule has 0 aliphatic rings. The van der Waals surface area contributed by atoms with Crippen LogP contribution in [0.5, 0.6) is 0 Å². The Kier molecular flexibility index (Phi) is 4.85. The standard InChI is InChI=1S/C17H20FN3O/c1-17(2,3)10-14(12-4-6-13(18)7-5-12)21-16(22)15-11-19-8-9-20-15/h4-9,11,14H,10H2,1-3H3,(H,21,22)/t14-/m0/s1. The van der Waals surface area contributed by atoms with Crippen LogP contribution in [-0.2, 0) is 0 Å². The van der Waals surface area contributed by atoms with Crippen LogP contribution < -0.4 is 5.32 Å². The Morgan fingerprint density at radius 1 is 1.23 bits per heavy atom. The number of carbonyl (C=O) groups excluding carboxylic acids is 1. The van der Waals surface area contributed by atoms with E-state index in [0.717, 1.165) is 12.0 Å². The molecule has 1 heterocycles. The van der Waals surface area contributed by atoms with Gasteiger partial charge in [-0.1, -0.05) is 32.9 Å². The Balaban J connectivity index is 2.21. The van der Waals surface area contributed by atoms with Crippen LogP contribution >= 0.6 is 0 Å². The molecule has 0 aliphatic heterocycles. The second kappa shape index (κ2) is 6.64. The van der Waals surface area contributed by atoms with Gasteiger partial charge in [-0.15, -0.1) is 0 Å². The average molecular weight is 301 g/mol. The first kappa shape index (κ1) is 16.1. The summed E-state index contributed by atoms with van der Waals surface area (Å²) in [6, 6.07) is 5.99. The number of rotatable bonds is 4. The van der Waals surface area contributed by atoms with Crippen molar-refractivity contribution >= 4 is 5.91 Å². The molecule has 2 rings (SSSR count). The van der Waals surface area contributed by atoms with Gasteiger partial charge in [-0.2, -0.15) is 0 Å². The maximum absolute atomic E-state index is 13.1. The van der Waals surface area contributed by atoms with Crippen LogP contribution in [-0.4, -0.2) is 15.9 Å². The first-order valence-corrected chi connectivity index (χ1v) is 7.17. The fourth-order valence-corrected chi connectivity index (χ4v) is 2.21. The zero-order valence-electron chi connectivity index (χ0n) is 13.0. The number of carbonyl (C=O) groups is 1. The Hall–Kier alpha value is -2.30. The molecular weight excluding hydrogens is 281 g/mol. The van der Waals surface area contributed by atoms with Crippen LogP contribution in [0.4, 0.5) is 4.39 Å². The van der Waals surface area contributed by atoms with Gasteiger partial charge in [0.2, 0.25) is 0 Å². The van der Waals surface area contributed by atoms with Gasteiger partial charge < -0.3 is 5.32 Å². The smallest absolute Gasteiger partial charge is 0.271 e. The summed E-state index contributed by atoms with van der Waals surface area (Å²) in [7, 11) is 0. The third-order valence-electron chi connectivity index (χ3n) is 3.19. The van der Waals surface area contributed by atoms with Crippen molar-refractivity contribution in [1.82, 2.24) is 15.3 Å². The van der Waals surface area contributed by atoms with Gasteiger partial charge in [-0.25, -0.2) is 9.37 Å². The molecule has 0 aliphatic carbocycles. The van der Waals surface area contributed by atoms with E-state index in [1.54, 1.807) is 12.1 Å². The summed E-state index contributed by atoms with van der Waals surface area (Å²) in [5.74, 6) is -0.579. The highest BCUT2D eigenvalue weighted by Gasteiger charge is 2.23. The van der Waals surface area contributed by atoms with E-state index in [1.807, 2.05) is 0 Å². The van der Waals surface area contributed by atoms with Crippen LogP contribution in [0.3, 0.4) is 0 Å². The number of hydrogen-bond donors (Lipinski definition) is 1. The summed E-state index contributed by atoms with van der Waals surface area (Å²) in [6.07, 6.45) is 5.15. The lowest BCUT2D eigenvalue weighted by molar-refractivity contribution is 0.0921. The lowest BCUT2D eigenvalue weighted by Gasteiger charge is -2.27. The molecule has 0 spiro atoms. The average Bonchev–Trinajstić information content (AvgIpc) is 2.47. The minimum Gasteiger partial charge on any atom is -0.344 e. The molecule has 2 aromatic rings. The van der Waals surface area contributed by atoms with Crippen molar-refractivity contribution in [3.8, 4) is 0 Å². The molecule has 22 heavy (non-hydrogen) atoms. The summed E-state index contributed by atoms with van der Waals surface area (Å²) >= 11 is 0. The first-order valence-electron chi connectivity index (χ1n) is 7.17. The number of nitrogens with one attached hydrogen (secondary N) is 1. The summed E-state index contributed by atoms with van der Waals surface area (Å²) in [5.41, 5.74) is 1.14. The zero-order chi connectivity index (χ0) is 16.2. The Morgan fingerprint density at radius 3 is 2.45 bits per heavy atom. The van der Waals surface area contributed by atoms with E-state index in [4.69, 9.17) is 0 Å². The quantitative estimate of drug-likeness (QED) is 0.940. The van der Waals surface area contributed by atoms with Crippen LogP contribution in [0, 0.1) is 11.2 Å². The maximum atomic E-state index is 13.1. The Labute approximate surface area is 129 Å². The summed E-state index contributed by atoms with van der Waals surface area (Å²) in [5, 5.41) is 2.96. The molecular formula is C17H20FN3O. The van der Waals surface area contributed by atoms with Gasteiger partial charge in [-0.05, 0) is 29.5 Å². The fraction of sp³-hybridized carbons (Fsp3) is 0.353. The summed E-state index contributed by atoms with van der Waals surface area (Å²) < 4.78 is 13.1. The third-order valence-corrected chi connectivity index (χ3v) is 3.19. The Bertz CT molecular complexity index is 621.